The van der Waals surface area contributed by atoms with Gasteiger partial charge >= 0.3 is 5.97 Å². The molecule has 1 rings (SSSR count). The van der Waals surface area contributed by atoms with E-state index >= 15 is 0 Å². The van der Waals surface area contributed by atoms with Gasteiger partial charge in [0.15, 0.2) is 5.69 Å². The van der Waals surface area contributed by atoms with Gasteiger partial charge in [0.1, 0.15) is 0 Å². The third-order valence-electron chi connectivity index (χ3n) is 2.48. The van der Waals surface area contributed by atoms with Crippen LogP contribution in [0.4, 0.5) is 5.69 Å². The molecule has 1 aromatic heterocycles. The minimum absolute atomic E-state index is 0.0634. The van der Waals surface area contributed by atoms with Gasteiger partial charge in [0.2, 0.25) is 0 Å². The van der Waals surface area contributed by atoms with Crippen LogP contribution in [0.3, 0.4) is 0 Å². The number of carboxylic acids is 1. The third-order valence-corrected chi connectivity index (χ3v) is 2.48. The summed E-state index contributed by atoms with van der Waals surface area (Å²) in [7, 11) is 3.96. The Morgan fingerprint density at radius 3 is 2.88 bits per heavy atom. The van der Waals surface area contributed by atoms with Crippen molar-refractivity contribution in [3.63, 3.8) is 0 Å². The first-order valence-electron chi connectivity index (χ1n) is 5.11. The number of hydrogen-bond acceptors (Lipinski definition) is 4. The summed E-state index contributed by atoms with van der Waals surface area (Å²) < 4.78 is 0. The average Bonchev–Trinajstić information content (AvgIpc) is 2.25. The summed E-state index contributed by atoms with van der Waals surface area (Å²) in [6, 6.07) is 3.76. The zero-order valence-corrected chi connectivity index (χ0v) is 9.77. The van der Waals surface area contributed by atoms with Gasteiger partial charge in [-0.2, -0.15) is 0 Å². The summed E-state index contributed by atoms with van der Waals surface area (Å²) in [4.78, 5) is 16.8. The molecule has 5 nitrogen and oxygen atoms in total. The maximum atomic E-state index is 10.9. The summed E-state index contributed by atoms with van der Waals surface area (Å²) in [5.74, 6) is -1.01. The normalized spacial score (nSPS) is 12.5. The molecule has 5 heteroatoms. The number of likely N-dealkylation sites (N-methyl/N-ethyl adjacent to an activating group) is 1. The number of anilines is 1. The van der Waals surface area contributed by atoms with Crippen LogP contribution in [-0.4, -0.2) is 47.6 Å². The Morgan fingerprint density at radius 2 is 2.31 bits per heavy atom. The topological polar surface area (TPSA) is 65.5 Å². The van der Waals surface area contributed by atoms with E-state index in [0.29, 0.717) is 18.3 Å². The molecular weight excluding hydrogens is 206 g/mol. The number of carbonyl (C=O) groups is 1. The molecule has 0 aromatic carbocycles. The Bertz CT molecular complexity index is 366. The standard InChI is InChI=1S/C11H17N3O2/c1-8(14(2)3)7-13-9-5-4-6-12-10(9)11(15)16/h4-6,8,13H,7H2,1-3H3,(H,15,16). The Balaban J connectivity index is 2.70. The zero-order valence-electron chi connectivity index (χ0n) is 9.77. The van der Waals surface area contributed by atoms with E-state index in [2.05, 4.69) is 22.1 Å². The fraction of sp³-hybridized carbons (Fsp3) is 0.455. The van der Waals surface area contributed by atoms with Crippen molar-refractivity contribution in [1.29, 1.82) is 0 Å². The van der Waals surface area contributed by atoms with Crippen molar-refractivity contribution in [3.8, 4) is 0 Å². The van der Waals surface area contributed by atoms with Crippen LogP contribution >= 0.6 is 0 Å². The van der Waals surface area contributed by atoms with E-state index in [9.17, 15) is 4.79 Å². The molecule has 0 spiro atoms. The molecule has 1 aromatic rings. The lowest BCUT2D eigenvalue weighted by atomic mass is 10.2. The van der Waals surface area contributed by atoms with E-state index in [4.69, 9.17) is 5.11 Å². The van der Waals surface area contributed by atoms with Crippen LogP contribution in [0.5, 0.6) is 0 Å². The number of carboxylic acid groups (broad SMARTS) is 1. The van der Waals surface area contributed by atoms with Gasteiger partial charge in [-0.25, -0.2) is 9.78 Å². The molecule has 0 saturated carbocycles. The van der Waals surface area contributed by atoms with E-state index in [0.717, 1.165) is 0 Å². The first kappa shape index (κ1) is 12.4. The number of nitrogens with one attached hydrogen (secondary N) is 1. The van der Waals surface area contributed by atoms with Crippen LogP contribution in [-0.2, 0) is 0 Å². The summed E-state index contributed by atoms with van der Waals surface area (Å²) in [6.45, 7) is 2.74. The number of rotatable bonds is 5. The van der Waals surface area contributed by atoms with Crippen molar-refractivity contribution < 1.29 is 9.90 Å². The number of nitrogens with zero attached hydrogens (tertiary/aromatic N) is 2. The first-order valence-corrected chi connectivity index (χ1v) is 5.11. The van der Waals surface area contributed by atoms with E-state index in [1.807, 2.05) is 14.1 Å². The Morgan fingerprint density at radius 1 is 1.62 bits per heavy atom. The van der Waals surface area contributed by atoms with Gasteiger partial charge in [-0.15, -0.1) is 0 Å². The van der Waals surface area contributed by atoms with Crippen molar-refractivity contribution in [3.05, 3.63) is 24.0 Å². The van der Waals surface area contributed by atoms with Gasteiger partial charge in [0.25, 0.3) is 0 Å². The fourth-order valence-corrected chi connectivity index (χ4v) is 1.16. The molecule has 1 heterocycles. The Hall–Kier alpha value is -1.62. The second-order valence-electron chi connectivity index (χ2n) is 3.90. The lowest BCUT2D eigenvalue weighted by Crippen LogP contribution is -2.31. The molecule has 0 bridgehead atoms. The molecule has 0 fully saturated rings. The average molecular weight is 223 g/mol. The minimum Gasteiger partial charge on any atom is -0.476 e. The van der Waals surface area contributed by atoms with E-state index < -0.39 is 5.97 Å². The van der Waals surface area contributed by atoms with Crippen LogP contribution in [0, 0.1) is 0 Å². The molecule has 1 atom stereocenters. The van der Waals surface area contributed by atoms with E-state index in [1.165, 1.54) is 6.20 Å². The van der Waals surface area contributed by atoms with Crippen molar-refractivity contribution in [2.75, 3.05) is 26.0 Å². The highest BCUT2D eigenvalue weighted by atomic mass is 16.4. The zero-order chi connectivity index (χ0) is 12.1. The molecule has 88 valence electrons. The largest absolute Gasteiger partial charge is 0.476 e. The van der Waals surface area contributed by atoms with Gasteiger partial charge in [-0.1, -0.05) is 0 Å². The van der Waals surface area contributed by atoms with Crippen LogP contribution < -0.4 is 5.32 Å². The molecule has 0 aliphatic heterocycles. The quantitative estimate of drug-likeness (QED) is 0.783. The fourth-order valence-electron chi connectivity index (χ4n) is 1.16. The van der Waals surface area contributed by atoms with Crippen LogP contribution in [0.15, 0.2) is 18.3 Å². The Kier molecular flexibility index (Phi) is 4.25. The molecule has 0 aliphatic carbocycles. The van der Waals surface area contributed by atoms with Gasteiger partial charge in [0.05, 0.1) is 5.69 Å². The summed E-state index contributed by atoms with van der Waals surface area (Å²) in [5.41, 5.74) is 0.622. The van der Waals surface area contributed by atoms with Crippen molar-refractivity contribution in [2.45, 2.75) is 13.0 Å². The molecule has 0 radical (unpaired) electrons. The van der Waals surface area contributed by atoms with Crippen molar-refractivity contribution in [1.82, 2.24) is 9.88 Å². The molecule has 16 heavy (non-hydrogen) atoms. The first-order chi connectivity index (χ1) is 7.52. The number of aromatic nitrogens is 1. The lowest BCUT2D eigenvalue weighted by molar-refractivity contribution is 0.0691. The Labute approximate surface area is 95.1 Å². The molecule has 2 N–H and O–H groups in total. The second-order valence-corrected chi connectivity index (χ2v) is 3.90. The maximum absolute atomic E-state index is 10.9. The molecule has 1 unspecified atom stereocenters. The monoisotopic (exact) mass is 223 g/mol. The SMILES string of the molecule is CC(CNc1cccnc1C(=O)O)N(C)C. The molecule has 0 amide bonds. The molecule has 0 saturated heterocycles. The van der Waals surface area contributed by atoms with Gasteiger partial charge in [-0.05, 0) is 33.2 Å². The summed E-state index contributed by atoms with van der Waals surface area (Å²) in [5, 5.41) is 12.0. The van der Waals surface area contributed by atoms with Crippen molar-refractivity contribution in [2.24, 2.45) is 0 Å². The highest BCUT2D eigenvalue weighted by Crippen LogP contribution is 2.12. The maximum Gasteiger partial charge on any atom is 0.356 e. The predicted octanol–water partition coefficient (Wildman–Crippen LogP) is 1.14. The van der Waals surface area contributed by atoms with Gasteiger partial charge in [0, 0.05) is 18.8 Å². The highest BCUT2D eigenvalue weighted by molar-refractivity contribution is 5.91. The molecular formula is C11H17N3O2. The smallest absolute Gasteiger partial charge is 0.356 e. The number of aromatic carboxylic acids is 1. The lowest BCUT2D eigenvalue weighted by Gasteiger charge is -2.20. The highest BCUT2D eigenvalue weighted by Gasteiger charge is 2.11. The predicted molar refractivity (Wildman–Crippen MR) is 62.8 cm³/mol. The van der Waals surface area contributed by atoms with Crippen LogP contribution in [0.2, 0.25) is 0 Å². The van der Waals surface area contributed by atoms with E-state index in [-0.39, 0.29) is 5.69 Å². The summed E-state index contributed by atoms with van der Waals surface area (Å²) in [6.07, 6.45) is 1.48. The van der Waals surface area contributed by atoms with Crippen molar-refractivity contribution >= 4 is 11.7 Å². The van der Waals surface area contributed by atoms with Crippen LogP contribution in [0.1, 0.15) is 17.4 Å². The van der Waals surface area contributed by atoms with E-state index in [1.54, 1.807) is 12.1 Å². The van der Waals surface area contributed by atoms with Gasteiger partial charge in [-0.3, -0.25) is 0 Å². The number of pyridine rings is 1. The molecule has 0 aliphatic rings. The number of hydrogen-bond donors (Lipinski definition) is 2. The third kappa shape index (κ3) is 3.20. The minimum atomic E-state index is -1.01. The summed E-state index contributed by atoms with van der Waals surface area (Å²) >= 11 is 0. The van der Waals surface area contributed by atoms with Crippen LogP contribution in [0.25, 0.3) is 0 Å². The van der Waals surface area contributed by atoms with Gasteiger partial charge < -0.3 is 15.3 Å². The second kappa shape index (κ2) is 5.46.